The topological polar surface area (TPSA) is 0 Å². The highest BCUT2D eigenvalue weighted by Gasteiger charge is 2.20. The van der Waals surface area contributed by atoms with Crippen LogP contribution in [0.5, 0.6) is 0 Å². The van der Waals surface area contributed by atoms with Crippen LogP contribution in [-0.2, 0) is 6.42 Å². The zero-order chi connectivity index (χ0) is 11.3. The third kappa shape index (κ3) is 4.83. The monoisotopic (exact) mass is 268 g/mol. The molecule has 0 bridgehead atoms. The van der Waals surface area contributed by atoms with Crippen LogP contribution < -0.4 is 0 Å². The molecular formula is C14H21Br. The van der Waals surface area contributed by atoms with Gasteiger partial charge in [-0.1, -0.05) is 67.0 Å². The molecule has 0 aliphatic carbocycles. The molecule has 84 valence electrons. The standard InChI is InChI=1S/C14H21Br/c1-14(2,3)13(15)11-7-10-12-8-5-4-6-9-12/h4-6,8-9,13H,7,10-11H2,1-3H3. The van der Waals surface area contributed by atoms with Crippen molar-refractivity contribution in [1.29, 1.82) is 0 Å². The number of benzene rings is 1. The zero-order valence-corrected chi connectivity index (χ0v) is 11.5. The molecule has 1 unspecified atom stereocenters. The van der Waals surface area contributed by atoms with Gasteiger partial charge in [0.2, 0.25) is 0 Å². The molecule has 0 amide bonds. The van der Waals surface area contributed by atoms with E-state index in [9.17, 15) is 0 Å². The van der Waals surface area contributed by atoms with Gasteiger partial charge in [-0.05, 0) is 30.2 Å². The predicted octanol–water partition coefficient (Wildman–Crippen LogP) is 4.82. The SMILES string of the molecule is CC(C)(C)C(Br)CCCc1ccccc1. The molecule has 0 aromatic heterocycles. The smallest absolute Gasteiger partial charge is 0.0194 e. The fourth-order valence-corrected chi connectivity index (χ4v) is 1.89. The lowest BCUT2D eigenvalue weighted by Crippen LogP contribution is -2.20. The predicted molar refractivity (Wildman–Crippen MR) is 71.6 cm³/mol. The van der Waals surface area contributed by atoms with Crippen LogP contribution >= 0.6 is 15.9 Å². The second-order valence-electron chi connectivity index (χ2n) is 5.21. The fourth-order valence-electron chi connectivity index (χ4n) is 1.56. The third-order valence-electron chi connectivity index (χ3n) is 2.71. The Kier molecular flexibility index (Phi) is 4.85. The van der Waals surface area contributed by atoms with Gasteiger partial charge in [0.1, 0.15) is 0 Å². The van der Waals surface area contributed by atoms with Crippen molar-refractivity contribution in [3.05, 3.63) is 35.9 Å². The molecule has 0 N–H and O–H groups in total. The zero-order valence-electron chi connectivity index (χ0n) is 9.96. The van der Waals surface area contributed by atoms with E-state index in [0.717, 1.165) is 0 Å². The lowest BCUT2D eigenvalue weighted by molar-refractivity contribution is 0.380. The van der Waals surface area contributed by atoms with Crippen molar-refractivity contribution in [3.8, 4) is 0 Å². The molecule has 0 heterocycles. The van der Waals surface area contributed by atoms with E-state index in [2.05, 4.69) is 67.0 Å². The summed E-state index contributed by atoms with van der Waals surface area (Å²) >= 11 is 3.77. The second kappa shape index (κ2) is 5.69. The summed E-state index contributed by atoms with van der Waals surface area (Å²) in [6.07, 6.45) is 3.70. The molecule has 0 spiro atoms. The average Bonchev–Trinajstić information content (AvgIpc) is 2.18. The normalized spacial score (nSPS) is 13.9. The minimum Gasteiger partial charge on any atom is -0.0885 e. The summed E-state index contributed by atoms with van der Waals surface area (Å²) in [5.41, 5.74) is 1.82. The minimum atomic E-state index is 0.372. The molecule has 0 nitrogen and oxygen atoms in total. The lowest BCUT2D eigenvalue weighted by atomic mass is 9.89. The van der Waals surface area contributed by atoms with Crippen LogP contribution in [0.25, 0.3) is 0 Å². The quantitative estimate of drug-likeness (QED) is 0.687. The highest BCUT2D eigenvalue weighted by Crippen LogP contribution is 2.29. The van der Waals surface area contributed by atoms with Crippen molar-refractivity contribution in [2.24, 2.45) is 5.41 Å². The van der Waals surface area contributed by atoms with Crippen LogP contribution in [0.2, 0.25) is 0 Å². The molecule has 0 fully saturated rings. The van der Waals surface area contributed by atoms with E-state index >= 15 is 0 Å². The van der Waals surface area contributed by atoms with Gasteiger partial charge in [-0.3, -0.25) is 0 Å². The minimum absolute atomic E-state index is 0.372. The van der Waals surface area contributed by atoms with Gasteiger partial charge in [0.05, 0.1) is 0 Å². The summed E-state index contributed by atoms with van der Waals surface area (Å²) in [4.78, 5) is 0.619. The Morgan fingerprint density at radius 3 is 2.27 bits per heavy atom. The van der Waals surface area contributed by atoms with E-state index < -0.39 is 0 Å². The molecule has 1 rings (SSSR count). The van der Waals surface area contributed by atoms with Gasteiger partial charge in [-0.25, -0.2) is 0 Å². The Bertz CT molecular complexity index is 271. The largest absolute Gasteiger partial charge is 0.0885 e. The van der Waals surface area contributed by atoms with Gasteiger partial charge in [0.15, 0.2) is 0 Å². The molecule has 0 aliphatic rings. The number of halogens is 1. The Hall–Kier alpha value is -0.300. The maximum absolute atomic E-state index is 3.77. The maximum Gasteiger partial charge on any atom is 0.0194 e. The third-order valence-corrected chi connectivity index (χ3v) is 4.54. The Morgan fingerprint density at radius 2 is 1.73 bits per heavy atom. The van der Waals surface area contributed by atoms with Gasteiger partial charge in [-0.15, -0.1) is 0 Å². The first kappa shape index (κ1) is 12.8. The van der Waals surface area contributed by atoms with Crippen molar-refractivity contribution in [1.82, 2.24) is 0 Å². The first-order valence-electron chi connectivity index (χ1n) is 5.68. The molecule has 1 atom stereocenters. The first-order valence-corrected chi connectivity index (χ1v) is 6.60. The summed E-state index contributed by atoms with van der Waals surface area (Å²) in [6, 6.07) is 10.7. The van der Waals surface area contributed by atoms with Crippen LogP contribution in [0.15, 0.2) is 30.3 Å². The number of hydrogen-bond acceptors (Lipinski definition) is 0. The molecule has 0 radical (unpaired) electrons. The molecule has 0 aliphatic heterocycles. The molecule has 1 heteroatoms. The van der Waals surface area contributed by atoms with Gasteiger partial charge in [0, 0.05) is 4.83 Å². The molecule has 0 saturated carbocycles. The van der Waals surface area contributed by atoms with Crippen LogP contribution in [0.3, 0.4) is 0 Å². The Balaban J connectivity index is 2.28. The summed E-state index contributed by atoms with van der Waals surface area (Å²) < 4.78 is 0. The van der Waals surface area contributed by atoms with Gasteiger partial charge >= 0.3 is 0 Å². The highest BCUT2D eigenvalue weighted by atomic mass is 79.9. The summed E-state index contributed by atoms with van der Waals surface area (Å²) in [5, 5.41) is 0. The summed E-state index contributed by atoms with van der Waals surface area (Å²) in [6.45, 7) is 6.86. The summed E-state index contributed by atoms with van der Waals surface area (Å²) in [7, 11) is 0. The molecule has 1 aromatic carbocycles. The second-order valence-corrected chi connectivity index (χ2v) is 6.32. The maximum atomic E-state index is 3.77. The van der Waals surface area contributed by atoms with Crippen LogP contribution in [0.1, 0.15) is 39.2 Å². The average molecular weight is 269 g/mol. The van der Waals surface area contributed by atoms with E-state index in [0.29, 0.717) is 10.2 Å². The molecule has 15 heavy (non-hydrogen) atoms. The fraction of sp³-hybridized carbons (Fsp3) is 0.571. The van der Waals surface area contributed by atoms with Crippen molar-refractivity contribution in [2.75, 3.05) is 0 Å². The van der Waals surface area contributed by atoms with Crippen molar-refractivity contribution >= 4 is 15.9 Å². The molecule has 0 saturated heterocycles. The van der Waals surface area contributed by atoms with Gasteiger partial charge in [-0.2, -0.15) is 0 Å². The highest BCUT2D eigenvalue weighted by molar-refractivity contribution is 9.09. The van der Waals surface area contributed by atoms with E-state index in [4.69, 9.17) is 0 Å². The Labute approximate surface area is 102 Å². The van der Waals surface area contributed by atoms with Crippen molar-refractivity contribution in [3.63, 3.8) is 0 Å². The lowest BCUT2D eigenvalue weighted by Gasteiger charge is -2.25. The van der Waals surface area contributed by atoms with Crippen LogP contribution in [-0.4, -0.2) is 4.83 Å². The first-order chi connectivity index (χ1) is 7.00. The van der Waals surface area contributed by atoms with Crippen molar-refractivity contribution < 1.29 is 0 Å². The molecular weight excluding hydrogens is 248 g/mol. The van der Waals surface area contributed by atoms with E-state index in [1.54, 1.807) is 0 Å². The Morgan fingerprint density at radius 1 is 1.13 bits per heavy atom. The molecule has 1 aromatic rings. The van der Waals surface area contributed by atoms with Gasteiger partial charge < -0.3 is 0 Å². The van der Waals surface area contributed by atoms with E-state index in [-0.39, 0.29) is 0 Å². The summed E-state index contributed by atoms with van der Waals surface area (Å²) in [5.74, 6) is 0. The number of aryl methyl sites for hydroxylation is 1. The van der Waals surface area contributed by atoms with E-state index in [1.807, 2.05) is 0 Å². The van der Waals surface area contributed by atoms with E-state index in [1.165, 1.54) is 24.8 Å². The number of rotatable bonds is 4. The van der Waals surface area contributed by atoms with Gasteiger partial charge in [0.25, 0.3) is 0 Å². The van der Waals surface area contributed by atoms with Crippen LogP contribution in [0.4, 0.5) is 0 Å². The number of hydrogen-bond donors (Lipinski definition) is 0. The van der Waals surface area contributed by atoms with Crippen LogP contribution in [0, 0.1) is 5.41 Å². The number of alkyl halides is 1. The van der Waals surface area contributed by atoms with Crippen molar-refractivity contribution in [2.45, 2.75) is 44.9 Å².